The second-order valence-corrected chi connectivity index (χ2v) is 8.44. The summed E-state index contributed by atoms with van der Waals surface area (Å²) in [5.74, 6) is -0.387. The smallest absolute Gasteiger partial charge is 0.325 e. The Hall–Kier alpha value is -2.08. The molecule has 0 aromatic heterocycles. The Bertz CT molecular complexity index is 726. The first-order valence-corrected chi connectivity index (χ1v) is 9.52. The Balaban J connectivity index is 1.58. The van der Waals surface area contributed by atoms with Gasteiger partial charge in [-0.2, -0.15) is 0 Å². The number of urea groups is 1. The first kappa shape index (κ1) is 17.3. The number of nitrogens with zero attached hydrogens (tertiary/aromatic N) is 3. The largest absolute Gasteiger partial charge is 0.368 e. The maximum absolute atomic E-state index is 12.8. The van der Waals surface area contributed by atoms with E-state index in [1.807, 2.05) is 12.1 Å². The van der Waals surface area contributed by atoms with Gasteiger partial charge in [0, 0.05) is 24.2 Å². The Kier molecular flexibility index (Phi) is 3.99. The lowest BCUT2D eigenvalue weighted by Crippen LogP contribution is -2.52. The van der Waals surface area contributed by atoms with Crippen molar-refractivity contribution >= 4 is 17.6 Å². The van der Waals surface area contributed by atoms with Crippen molar-refractivity contribution in [2.24, 2.45) is 5.73 Å². The van der Waals surface area contributed by atoms with Crippen LogP contribution in [0.1, 0.15) is 37.7 Å². The van der Waals surface area contributed by atoms with Crippen LogP contribution in [0.2, 0.25) is 0 Å². The lowest BCUT2D eigenvalue weighted by molar-refractivity contribution is -0.125. The average Bonchev–Trinajstić information content (AvgIpc) is 3.11. The minimum absolute atomic E-state index is 0.0966. The molecule has 1 atom stereocenters. The summed E-state index contributed by atoms with van der Waals surface area (Å²) in [6.45, 7) is 2.03. The lowest BCUT2D eigenvalue weighted by Gasteiger charge is -2.44. The Morgan fingerprint density at radius 2 is 1.85 bits per heavy atom. The molecular formula is C20H28N4O2. The molecule has 0 unspecified atom stereocenters. The molecule has 0 bridgehead atoms. The minimum atomic E-state index is -0.824. The fourth-order valence-electron chi connectivity index (χ4n) is 5.07. The molecule has 1 saturated carbocycles. The van der Waals surface area contributed by atoms with Crippen LogP contribution in [0.5, 0.6) is 0 Å². The Morgan fingerprint density at radius 3 is 2.35 bits per heavy atom. The highest BCUT2D eigenvalue weighted by Gasteiger charge is 2.56. The van der Waals surface area contributed by atoms with Crippen molar-refractivity contribution in [3.63, 3.8) is 0 Å². The van der Waals surface area contributed by atoms with Gasteiger partial charge >= 0.3 is 6.03 Å². The number of hydrogen-bond donors (Lipinski definition) is 1. The molecule has 1 aromatic carbocycles. The van der Waals surface area contributed by atoms with E-state index in [4.69, 9.17) is 5.73 Å². The van der Waals surface area contributed by atoms with Crippen molar-refractivity contribution in [2.45, 2.75) is 43.1 Å². The first-order valence-electron chi connectivity index (χ1n) is 9.52. The molecule has 2 heterocycles. The maximum Gasteiger partial charge on any atom is 0.325 e. The van der Waals surface area contributed by atoms with Gasteiger partial charge in [-0.1, -0.05) is 18.6 Å². The van der Waals surface area contributed by atoms with Crippen molar-refractivity contribution < 1.29 is 9.59 Å². The molecule has 0 spiro atoms. The van der Waals surface area contributed by atoms with E-state index in [9.17, 15) is 9.59 Å². The molecule has 1 aromatic rings. The van der Waals surface area contributed by atoms with Crippen molar-refractivity contribution in [1.82, 2.24) is 9.80 Å². The third-order valence-corrected chi connectivity index (χ3v) is 6.55. The minimum Gasteiger partial charge on any atom is -0.368 e. The number of primary amides is 1. The topological polar surface area (TPSA) is 69.9 Å². The van der Waals surface area contributed by atoms with Gasteiger partial charge in [0.25, 0.3) is 0 Å². The highest BCUT2D eigenvalue weighted by atomic mass is 16.2. The summed E-state index contributed by atoms with van der Waals surface area (Å²) in [5, 5.41) is 0. The van der Waals surface area contributed by atoms with Crippen LogP contribution in [0.15, 0.2) is 24.3 Å². The van der Waals surface area contributed by atoms with Gasteiger partial charge in [-0.3, -0.25) is 9.69 Å². The van der Waals surface area contributed by atoms with Crippen LogP contribution >= 0.6 is 0 Å². The summed E-state index contributed by atoms with van der Waals surface area (Å²) < 4.78 is 0. The number of carbonyl (C=O) groups excluding carboxylic acids is 2. The maximum atomic E-state index is 12.8. The molecule has 140 valence electrons. The van der Waals surface area contributed by atoms with Crippen LogP contribution < -0.4 is 10.6 Å². The summed E-state index contributed by atoms with van der Waals surface area (Å²) in [4.78, 5) is 30.5. The highest BCUT2D eigenvalue weighted by molar-refractivity contribution is 6.02. The predicted molar refractivity (Wildman–Crippen MR) is 101 cm³/mol. The molecule has 6 nitrogen and oxygen atoms in total. The fourth-order valence-corrected chi connectivity index (χ4v) is 5.07. The summed E-state index contributed by atoms with van der Waals surface area (Å²) in [6, 6.07) is 8.28. The van der Waals surface area contributed by atoms with E-state index < -0.39 is 5.54 Å². The van der Waals surface area contributed by atoms with Crippen LogP contribution in [-0.2, 0) is 10.2 Å². The molecule has 2 N–H and O–H groups in total. The molecular weight excluding hydrogens is 328 g/mol. The quantitative estimate of drug-likeness (QED) is 0.876. The molecule has 2 aliphatic heterocycles. The van der Waals surface area contributed by atoms with Crippen LogP contribution in [0.3, 0.4) is 0 Å². The summed E-state index contributed by atoms with van der Waals surface area (Å²) in [6.07, 6.45) is 5.21. The Morgan fingerprint density at radius 1 is 1.15 bits per heavy atom. The number of hydrogen-bond acceptors (Lipinski definition) is 3. The summed E-state index contributed by atoms with van der Waals surface area (Å²) in [5.41, 5.74) is 7.28. The number of carbonyl (C=O) groups is 2. The van der Waals surface area contributed by atoms with Gasteiger partial charge in [0.15, 0.2) is 0 Å². The Labute approximate surface area is 154 Å². The van der Waals surface area contributed by atoms with E-state index in [0.29, 0.717) is 19.5 Å². The van der Waals surface area contributed by atoms with Crippen molar-refractivity contribution in [3.8, 4) is 0 Å². The lowest BCUT2D eigenvalue weighted by atomic mass is 9.64. The van der Waals surface area contributed by atoms with E-state index in [1.165, 1.54) is 24.8 Å². The van der Waals surface area contributed by atoms with Gasteiger partial charge in [0.05, 0.1) is 6.54 Å². The van der Waals surface area contributed by atoms with E-state index in [2.05, 4.69) is 31.1 Å². The standard InChI is InChI=1S/C20H28N4O2/c1-22(2)13-19(9-3-10-19)15-5-7-16(8-6-15)23-14-20(17(21)25)11-4-12-24(20)18(23)26/h5-8H,3-4,9-14H2,1-2H3,(H2,21,25)/t20-/m1/s1. The first-order chi connectivity index (χ1) is 12.4. The van der Waals surface area contributed by atoms with E-state index >= 15 is 0 Å². The van der Waals surface area contributed by atoms with E-state index in [0.717, 1.165) is 18.7 Å². The molecule has 3 aliphatic rings. The zero-order chi connectivity index (χ0) is 18.5. The van der Waals surface area contributed by atoms with E-state index in [1.54, 1.807) is 9.80 Å². The second kappa shape index (κ2) is 5.98. The zero-order valence-corrected chi connectivity index (χ0v) is 15.7. The summed E-state index contributed by atoms with van der Waals surface area (Å²) in [7, 11) is 4.24. The van der Waals surface area contributed by atoms with Gasteiger partial charge in [-0.05, 0) is 57.5 Å². The average molecular weight is 356 g/mol. The molecule has 3 amide bonds. The molecule has 26 heavy (non-hydrogen) atoms. The normalized spacial score (nSPS) is 27.0. The number of fused-ring (bicyclic) bond motifs is 1. The number of amides is 3. The predicted octanol–water partition coefficient (Wildman–Crippen LogP) is 1.93. The zero-order valence-electron chi connectivity index (χ0n) is 15.7. The highest BCUT2D eigenvalue weighted by Crippen LogP contribution is 2.45. The van der Waals surface area contributed by atoms with Crippen molar-refractivity contribution in [3.05, 3.63) is 29.8 Å². The fraction of sp³-hybridized carbons (Fsp3) is 0.600. The van der Waals surface area contributed by atoms with Crippen LogP contribution in [0.25, 0.3) is 0 Å². The monoisotopic (exact) mass is 356 g/mol. The van der Waals surface area contributed by atoms with Gasteiger partial charge in [0.2, 0.25) is 5.91 Å². The van der Waals surface area contributed by atoms with Crippen LogP contribution in [0, 0.1) is 0 Å². The number of likely N-dealkylation sites (N-methyl/N-ethyl adjacent to an activating group) is 1. The van der Waals surface area contributed by atoms with Gasteiger partial charge in [0.1, 0.15) is 5.54 Å². The molecule has 4 rings (SSSR count). The van der Waals surface area contributed by atoms with Crippen LogP contribution in [0.4, 0.5) is 10.5 Å². The van der Waals surface area contributed by atoms with Crippen molar-refractivity contribution in [2.75, 3.05) is 38.6 Å². The van der Waals surface area contributed by atoms with Gasteiger partial charge < -0.3 is 15.5 Å². The van der Waals surface area contributed by atoms with Gasteiger partial charge in [-0.25, -0.2) is 4.79 Å². The molecule has 0 radical (unpaired) electrons. The van der Waals surface area contributed by atoms with E-state index in [-0.39, 0.29) is 17.4 Å². The SMILES string of the molecule is CN(C)CC1(c2ccc(N3C[C@@]4(C(N)=O)CCCN4C3=O)cc2)CCC1. The summed E-state index contributed by atoms with van der Waals surface area (Å²) >= 11 is 0. The third-order valence-electron chi connectivity index (χ3n) is 6.55. The second-order valence-electron chi connectivity index (χ2n) is 8.44. The van der Waals surface area contributed by atoms with Crippen molar-refractivity contribution in [1.29, 1.82) is 0 Å². The van der Waals surface area contributed by atoms with Crippen LogP contribution in [-0.4, -0.2) is 61.0 Å². The molecule has 1 aliphatic carbocycles. The molecule has 6 heteroatoms. The molecule has 2 saturated heterocycles. The number of anilines is 1. The third kappa shape index (κ3) is 2.42. The number of benzene rings is 1. The number of rotatable bonds is 5. The number of nitrogens with two attached hydrogens (primary N) is 1. The molecule has 3 fully saturated rings. The van der Waals surface area contributed by atoms with Gasteiger partial charge in [-0.15, -0.1) is 0 Å².